The predicted octanol–water partition coefficient (Wildman–Crippen LogP) is 1.71. The molecule has 3 rings (SSSR count). The number of hydrogen-bond donors (Lipinski definition) is 0. The van der Waals surface area contributed by atoms with E-state index < -0.39 is 0 Å². The van der Waals surface area contributed by atoms with Gasteiger partial charge in [-0.1, -0.05) is 24.3 Å². The SMILES string of the molecule is CC1(C)OB(c2ccc(COC3CN(CC#N)C3)cc2)OC1(C)C. The van der Waals surface area contributed by atoms with E-state index in [1.807, 2.05) is 12.1 Å². The molecule has 0 spiro atoms. The Hall–Kier alpha value is -1.39. The zero-order valence-electron chi connectivity index (χ0n) is 14.9. The summed E-state index contributed by atoms with van der Waals surface area (Å²) in [6, 6.07) is 10.4. The van der Waals surface area contributed by atoms with Gasteiger partial charge in [-0.2, -0.15) is 5.26 Å². The summed E-state index contributed by atoms with van der Waals surface area (Å²) >= 11 is 0. The maximum Gasteiger partial charge on any atom is 0.494 e. The summed E-state index contributed by atoms with van der Waals surface area (Å²) in [5, 5.41) is 8.62. The number of hydrogen-bond acceptors (Lipinski definition) is 5. The minimum atomic E-state index is -0.323. The standard InChI is InChI=1S/C18H25BN2O3/c1-17(2)18(3,4)24-19(23-17)15-7-5-14(6-8-15)13-22-16-11-21(12-16)10-9-20/h5-8,16H,10-13H2,1-4H3. The van der Waals surface area contributed by atoms with Crippen LogP contribution in [0.4, 0.5) is 0 Å². The van der Waals surface area contributed by atoms with E-state index in [2.05, 4.69) is 50.8 Å². The molecule has 0 unspecified atom stereocenters. The highest BCUT2D eigenvalue weighted by molar-refractivity contribution is 6.62. The van der Waals surface area contributed by atoms with Crippen molar-refractivity contribution >= 4 is 12.6 Å². The molecule has 128 valence electrons. The van der Waals surface area contributed by atoms with Crippen molar-refractivity contribution in [1.82, 2.24) is 4.90 Å². The summed E-state index contributed by atoms with van der Waals surface area (Å²) in [4.78, 5) is 2.08. The summed E-state index contributed by atoms with van der Waals surface area (Å²) in [5.74, 6) is 0. The number of nitrogens with zero attached hydrogens (tertiary/aromatic N) is 2. The Morgan fingerprint density at radius 2 is 1.75 bits per heavy atom. The van der Waals surface area contributed by atoms with E-state index >= 15 is 0 Å². The molecular formula is C18H25BN2O3. The van der Waals surface area contributed by atoms with Gasteiger partial charge in [-0.25, -0.2) is 0 Å². The van der Waals surface area contributed by atoms with Gasteiger partial charge in [-0.15, -0.1) is 0 Å². The molecule has 2 fully saturated rings. The maximum absolute atomic E-state index is 8.62. The van der Waals surface area contributed by atoms with Crippen molar-refractivity contribution < 1.29 is 14.0 Å². The normalized spacial score (nSPS) is 23.0. The highest BCUT2D eigenvalue weighted by Crippen LogP contribution is 2.36. The molecule has 0 amide bonds. The number of nitriles is 1. The van der Waals surface area contributed by atoms with Gasteiger partial charge < -0.3 is 14.0 Å². The molecule has 2 saturated heterocycles. The van der Waals surface area contributed by atoms with Gasteiger partial charge in [0.15, 0.2) is 0 Å². The van der Waals surface area contributed by atoms with Gasteiger partial charge in [-0.3, -0.25) is 4.90 Å². The summed E-state index contributed by atoms with van der Waals surface area (Å²) in [6.07, 6.45) is 0.237. The first-order chi connectivity index (χ1) is 11.3. The maximum atomic E-state index is 8.62. The minimum absolute atomic E-state index is 0.237. The third-order valence-corrected chi connectivity index (χ3v) is 5.21. The van der Waals surface area contributed by atoms with Crippen molar-refractivity contribution in [2.75, 3.05) is 19.6 Å². The summed E-state index contributed by atoms with van der Waals surface area (Å²) < 4.78 is 18.0. The van der Waals surface area contributed by atoms with Crippen LogP contribution < -0.4 is 5.46 Å². The molecule has 24 heavy (non-hydrogen) atoms. The fourth-order valence-corrected chi connectivity index (χ4v) is 2.82. The second-order valence-electron chi connectivity index (χ2n) is 7.62. The lowest BCUT2D eigenvalue weighted by molar-refractivity contribution is -0.0572. The molecule has 0 aromatic heterocycles. The first kappa shape index (κ1) is 17.4. The van der Waals surface area contributed by atoms with Gasteiger partial charge >= 0.3 is 7.12 Å². The van der Waals surface area contributed by atoms with Crippen molar-refractivity contribution in [2.24, 2.45) is 0 Å². The van der Waals surface area contributed by atoms with Gasteiger partial charge in [-0.05, 0) is 38.7 Å². The Bertz CT molecular complexity index is 602. The Balaban J connectivity index is 1.51. The Morgan fingerprint density at radius 1 is 1.17 bits per heavy atom. The number of likely N-dealkylation sites (tertiary alicyclic amines) is 1. The zero-order chi connectivity index (χ0) is 17.4. The van der Waals surface area contributed by atoms with Crippen LogP contribution in [0.5, 0.6) is 0 Å². The fraction of sp³-hybridized carbons (Fsp3) is 0.611. The number of ether oxygens (including phenoxy) is 1. The first-order valence-electron chi connectivity index (χ1n) is 8.46. The summed E-state index contributed by atoms with van der Waals surface area (Å²) in [5.41, 5.74) is 1.52. The molecule has 0 radical (unpaired) electrons. The van der Waals surface area contributed by atoms with E-state index in [-0.39, 0.29) is 24.4 Å². The summed E-state index contributed by atoms with van der Waals surface area (Å²) in [6.45, 7) is 11.0. The second kappa shape index (κ2) is 6.49. The van der Waals surface area contributed by atoms with Crippen LogP contribution in [-0.4, -0.2) is 49.0 Å². The first-order valence-corrected chi connectivity index (χ1v) is 8.46. The predicted molar refractivity (Wildman–Crippen MR) is 92.8 cm³/mol. The molecule has 1 aromatic rings. The van der Waals surface area contributed by atoms with E-state index in [1.54, 1.807) is 0 Å². The van der Waals surface area contributed by atoms with Crippen LogP contribution in [0.3, 0.4) is 0 Å². The molecule has 5 nitrogen and oxygen atoms in total. The van der Waals surface area contributed by atoms with Crippen molar-refractivity contribution in [3.8, 4) is 6.07 Å². The molecule has 2 heterocycles. The lowest BCUT2D eigenvalue weighted by Crippen LogP contribution is -2.51. The smallest absolute Gasteiger partial charge is 0.399 e. The van der Waals surface area contributed by atoms with Gasteiger partial charge in [0, 0.05) is 13.1 Å². The quantitative estimate of drug-likeness (QED) is 0.608. The molecule has 2 aliphatic rings. The van der Waals surface area contributed by atoms with Crippen molar-refractivity contribution in [2.45, 2.75) is 51.6 Å². The van der Waals surface area contributed by atoms with Crippen LogP contribution in [0.2, 0.25) is 0 Å². The molecule has 0 aliphatic carbocycles. The van der Waals surface area contributed by atoms with Crippen molar-refractivity contribution in [3.05, 3.63) is 29.8 Å². The van der Waals surface area contributed by atoms with Crippen molar-refractivity contribution in [1.29, 1.82) is 5.26 Å². The third-order valence-electron chi connectivity index (χ3n) is 5.21. The minimum Gasteiger partial charge on any atom is -0.399 e. The average molecular weight is 328 g/mol. The van der Waals surface area contributed by atoms with E-state index in [0.29, 0.717) is 13.2 Å². The third kappa shape index (κ3) is 3.50. The Labute approximate surface area is 144 Å². The number of benzene rings is 1. The molecule has 2 aliphatic heterocycles. The molecule has 6 heteroatoms. The van der Waals surface area contributed by atoms with Crippen molar-refractivity contribution in [3.63, 3.8) is 0 Å². The van der Waals surface area contributed by atoms with E-state index in [4.69, 9.17) is 19.3 Å². The monoisotopic (exact) mass is 328 g/mol. The van der Waals surface area contributed by atoms with E-state index in [9.17, 15) is 0 Å². The highest BCUT2D eigenvalue weighted by atomic mass is 16.7. The molecule has 0 atom stereocenters. The van der Waals surface area contributed by atoms with Crippen LogP contribution in [0.25, 0.3) is 0 Å². The van der Waals surface area contributed by atoms with Crippen LogP contribution in [0.1, 0.15) is 33.3 Å². The fourth-order valence-electron chi connectivity index (χ4n) is 2.82. The molecule has 0 N–H and O–H groups in total. The van der Waals surface area contributed by atoms with Crippen LogP contribution >= 0.6 is 0 Å². The molecule has 0 saturated carbocycles. The topological polar surface area (TPSA) is 54.7 Å². The molecule has 0 bridgehead atoms. The van der Waals surface area contributed by atoms with Crippen LogP contribution in [0, 0.1) is 11.3 Å². The summed E-state index contributed by atoms with van der Waals surface area (Å²) in [7, 11) is -0.323. The molecular weight excluding hydrogens is 303 g/mol. The van der Waals surface area contributed by atoms with Gasteiger partial charge in [0.2, 0.25) is 0 Å². The Morgan fingerprint density at radius 3 is 2.29 bits per heavy atom. The second-order valence-corrected chi connectivity index (χ2v) is 7.62. The lowest BCUT2D eigenvalue weighted by atomic mass is 9.79. The van der Waals surface area contributed by atoms with Gasteiger partial charge in [0.05, 0.1) is 36.5 Å². The largest absolute Gasteiger partial charge is 0.494 e. The number of rotatable bonds is 5. The average Bonchev–Trinajstić information content (AvgIpc) is 2.70. The van der Waals surface area contributed by atoms with E-state index in [0.717, 1.165) is 24.1 Å². The van der Waals surface area contributed by atoms with Crippen LogP contribution in [0.15, 0.2) is 24.3 Å². The molecule has 1 aromatic carbocycles. The Kier molecular flexibility index (Phi) is 4.72. The lowest BCUT2D eigenvalue weighted by Gasteiger charge is -2.37. The van der Waals surface area contributed by atoms with E-state index in [1.165, 1.54) is 0 Å². The van der Waals surface area contributed by atoms with Gasteiger partial charge in [0.25, 0.3) is 0 Å². The zero-order valence-corrected chi connectivity index (χ0v) is 14.9. The van der Waals surface area contributed by atoms with Gasteiger partial charge in [0.1, 0.15) is 0 Å². The van der Waals surface area contributed by atoms with Crippen LogP contribution in [-0.2, 0) is 20.7 Å². The highest BCUT2D eigenvalue weighted by Gasteiger charge is 2.51.